The summed E-state index contributed by atoms with van der Waals surface area (Å²) in [6, 6.07) is 16.8. The van der Waals surface area contributed by atoms with E-state index in [1.807, 2.05) is 36.4 Å². The minimum Gasteiger partial charge on any atom is -0.459 e. The van der Waals surface area contributed by atoms with E-state index in [9.17, 15) is 4.79 Å². The predicted molar refractivity (Wildman–Crippen MR) is 86.1 cm³/mol. The van der Waals surface area contributed by atoms with Crippen LogP contribution in [0.2, 0.25) is 0 Å². The van der Waals surface area contributed by atoms with E-state index >= 15 is 0 Å². The molecular weight excluding hydrogens is 312 g/mol. The highest BCUT2D eigenvalue weighted by atomic mass is 32.2. The number of carbonyl (C=O) groups is 1. The van der Waals surface area contributed by atoms with Gasteiger partial charge in [-0.05, 0) is 29.0 Å². The third-order valence-corrected chi connectivity index (χ3v) is 4.07. The molecule has 0 radical (unpaired) electrons. The summed E-state index contributed by atoms with van der Waals surface area (Å²) in [4.78, 5) is 12.5. The predicted octanol–water partition coefficient (Wildman–Crippen LogP) is 4.42. The molecule has 0 saturated carbocycles. The van der Waals surface area contributed by atoms with Crippen molar-refractivity contribution in [2.75, 3.05) is 0 Å². The van der Waals surface area contributed by atoms with Crippen LogP contribution in [0.15, 0.2) is 74.9 Å². The summed E-state index contributed by atoms with van der Waals surface area (Å²) in [5.41, 5.74) is 0.617. The Hall–Kier alpha value is -2.86. The van der Waals surface area contributed by atoms with Crippen LogP contribution < -0.4 is 0 Å². The first-order chi connectivity index (χ1) is 11.3. The third kappa shape index (κ3) is 2.64. The second kappa shape index (κ2) is 5.73. The minimum absolute atomic E-state index is 0.142. The van der Waals surface area contributed by atoms with Gasteiger partial charge in [0.15, 0.2) is 5.76 Å². The summed E-state index contributed by atoms with van der Waals surface area (Å²) >= 11 is 0.909. The highest BCUT2D eigenvalue weighted by molar-refractivity contribution is 8.14. The molecule has 0 unspecified atom stereocenters. The van der Waals surface area contributed by atoms with Crippen molar-refractivity contribution in [3.8, 4) is 11.7 Å². The Kier molecular flexibility index (Phi) is 3.44. The van der Waals surface area contributed by atoms with Crippen molar-refractivity contribution in [2.45, 2.75) is 5.22 Å². The first-order valence-electron chi connectivity index (χ1n) is 6.88. The Balaban J connectivity index is 1.62. The van der Waals surface area contributed by atoms with Gasteiger partial charge in [0.1, 0.15) is 0 Å². The van der Waals surface area contributed by atoms with Gasteiger partial charge in [-0.15, -0.1) is 10.2 Å². The zero-order chi connectivity index (χ0) is 15.6. The van der Waals surface area contributed by atoms with Crippen molar-refractivity contribution in [3.05, 3.63) is 66.4 Å². The fourth-order valence-corrected chi connectivity index (χ4v) is 2.94. The molecule has 5 nitrogen and oxygen atoms in total. The van der Waals surface area contributed by atoms with Gasteiger partial charge in [-0.2, -0.15) is 0 Å². The molecule has 0 spiro atoms. The number of furan rings is 1. The van der Waals surface area contributed by atoms with E-state index in [0.29, 0.717) is 11.3 Å². The quantitative estimate of drug-likeness (QED) is 0.520. The third-order valence-electron chi connectivity index (χ3n) is 3.33. The molecular formula is C17H10N2O3S. The number of rotatable bonds is 3. The van der Waals surface area contributed by atoms with Crippen LogP contribution in [-0.2, 0) is 0 Å². The summed E-state index contributed by atoms with van der Waals surface area (Å²) in [5.74, 6) is 0.727. The molecule has 0 N–H and O–H groups in total. The number of hydrogen-bond donors (Lipinski definition) is 0. The molecule has 0 fully saturated rings. The maximum absolute atomic E-state index is 12.5. The van der Waals surface area contributed by atoms with Gasteiger partial charge in [0.05, 0.1) is 6.26 Å². The molecule has 4 aromatic rings. The van der Waals surface area contributed by atoms with Gasteiger partial charge in [-0.3, -0.25) is 4.79 Å². The van der Waals surface area contributed by atoms with Gasteiger partial charge < -0.3 is 8.83 Å². The Labute approximate surface area is 135 Å². The van der Waals surface area contributed by atoms with Crippen LogP contribution in [0.1, 0.15) is 10.4 Å². The topological polar surface area (TPSA) is 69.1 Å². The van der Waals surface area contributed by atoms with Crippen LogP contribution in [0.3, 0.4) is 0 Å². The van der Waals surface area contributed by atoms with Crippen molar-refractivity contribution in [1.82, 2.24) is 10.2 Å². The number of carbonyl (C=O) groups excluding carboxylic acids is 1. The summed E-state index contributed by atoms with van der Waals surface area (Å²) in [6.45, 7) is 0. The van der Waals surface area contributed by atoms with Crippen LogP contribution in [0.4, 0.5) is 0 Å². The van der Waals surface area contributed by atoms with Gasteiger partial charge >= 0.3 is 0 Å². The number of benzene rings is 2. The van der Waals surface area contributed by atoms with E-state index < -0.39 is 0 Å². The molecule has 0 atom stereocenters. The second-order valence-corrected chi connectivity index (χ2v) is 5.69. The summed E-state index contributed by atoms with van der Waals surface area (Å²) in [7, 11) is 0. The molecule has 112 valence electrons. The Bertz CT molecular complexity index is 971. The Morgan fingerprint density at radius 2 is 1.83 bits per heavy atom. The molecule has 23 heavy (non-hydrogen) atoms. The second-order valence-electron chi connectivity index (χ2n) is 4.77. The fraction of sp³-hybridized carbons (Fsp3) is 0. The molecule has 0 aliphatic rings. The molecule has 0 amide bonds. The zero-order valence-corrected chi connectivity index (χ0v) is 12.6. The maximum Gasteiger partial charge on any atom is 0.284 e. The van der Waals surface area contributed by atoms with Gasteiger partial charge in [0.25, 0.3) is 11.1 Å². The Morgan fingerprint density at radius 3 is 2.70 bits per heavy atom. The van der Waals surface area contributed by atoms with Crippen molar-refractivity contribution in [3.63, 3.8) is 0 Å². The average molecular weight is 322 g/mol. The normalized spacial score (nSPS) is 11.0. The van der Waals surface area contributed by atoms with Crippen molar-refractivity contribution >= 4 is 27.6 Å². The van der Waals surface area contributed by atoms with E-state index in [-0.39, 0.29) is 16.2 Å². The van der Waals surface area contributed by atoms with E-state index in [4.69, 9.17) is 8.83 Å². The molecule has 0 aliphatic heterocycles. The maximum atomic E-state index is 12.5. The summed E-state index contributed by atoms with van der Waals surface area (Å²) in [6.07, 6.45) is 1.52. The lowest BCUT2D eigenvalue weighted by Gasteiger charge is -2.03. The monoisotopic (exact) mass is 322 g/mol. The van der Waals surface area contributed by atoms with Gasteiger partial charge in [-0.1, -0.05) is 36.4 Å². The van der Waals surface area contributed by atoms with E-state index in [2.05, 4.69) is 10.2 Å². The van der Waals surface area contributed by atoms with Crippen molar-refractivity contribution < 1.29 is 13.6 Å². The smallest absolute Gasteiger partial charge is 0.284 e. The summed E-state index contributed by atoms with van der Waals surface area (Å²) in [5, 5.41) is 9.73. The van der Waals surface area contributed by atoms with Gasteiger partial charge in [-0.25, -0.2) is 0 Å². The van der Waals surface area contributed by atoms with E-state index in [1.54, 1.807) is 18.2 Å². The number of aromatic nitrogens is 2. The lowest BCUT2D eigenvalue weighted by molar-refractivity contribution is 0.108. The van der Waals surface area contributed by atoms with Crippen LogP contribution in [0.25, 0.3) is 22.4 Å². The zero-order valence-electron chi connectivity index (χ0n) is 11.8. The van der Waals surface area contributed by atoms with E-state index in [0.717, 1.165) is 22.5 Å². The van der Waals surface area contributed by atoms with Gasteiger partial charge in [0, 0.05) is 17.3 Å². The largest absolute Gasteiger partial charge is 0.459 e. The first-order valence-corrected chi connectivity index (χ1v) is 7.70. The van der Waals surface area contributed by atoms with E-state index in [1.165, 1.54) is 6.26 Å². The number of nitrogens with zero attached hydrogens (tertiary/aromatic N) is 2. The SMILES string of the molecule is O=C(Sc1nnc(-c2ccco2)o1)c1cccc2ccccc12. The number of hydrogen-bond acceptors (Lipinski definition) is 6. The van der Waals surface area contributed by atoms with Crippen LogP contribution in [0, 0.1) is 0 Å². The first kappa shape index (κ1) is 13.8. The average Bonchev–Trinajstić information content (AvgIpc) is 3.25. The molecule has 4 rings (SSSR count). The molecule has 0 aliphatic carbocycles. The lowest BCUT2D eigenvalue weighted by Crippen LogP contribution is -1.94. The molecule has 0 bridgehead atoms. The molecule has 2 aromatic heterocycles. The number of fused-ring (bicyclic) bond motifs is 1. The molecule has 2 aromatic carbocycles. The summed E-state index contributed by atoms with van der Waals surface area (Å²) < 4.78 is 10.6. The molecule has 2 heterocycles. The van der Waals surface area contributed by atoms with Crippen molar-refractivity contribution in [2.24, 2.45) is 0 Å². The number of thioether (sulfide) groups is 1. The minimum atomic E-state index is -0.142. The fourth-order valence-electron chi connectivity index (χ4n) is 2.29. The lowest BCUT2D eigenvalue weighted by atomic mass is 10.1. The van der Waals surface area contributed by atoms with Crippen LogP contribution in [-0.4, -0.2) is 15.3 Å². The van der Waals surface area contributed by atoms with Crippen LogP contribution >= 0.6 is 11.8 Å². The highest BCUT2D eigenvalue weighted by Gasteiger charge is 2.17. The highest BCUT2D eigenvalue weighted by Crippen LogP contribution is 2.28. The standard InChI is InChI=1S/C17H10N2O3S/c20-16(13-8-3-6-11-5-1-2-7-12(11)13)23-17-19-18-15(22-17)14-9-4-10-21-14/h1-10H. The molecule has 6 heteroatoms. The van der Waals surface area contributed by atoms with Crippen molar-refractivity contribution in [1.29, 1.82) is 0 Å². The molecule has 0 saturated heterocycles. The Morgan fingerprint density at radius 1 is 0.957 bits per heavy atom. The van der Waals surface area contributed by atoms with Crippen LogP contribution in [0.5, 0.6) is 0 Å². The van der Waals surface area contributed by atoms with Gasteiger partial charge in [0.2, 0.25) is 5.12 Å².